The molecule has 10 heteroatoms. The summed E-state index contributed by atoms with van der Waals surface area (Å²) in [6, 6.07) is 13.1. The van der Waals surface area contributed by atoms with Crippen LogP contribution >= 0.6 is 11.6 Å². The van der Waals surface area contributed by atoms with Crippen molar-refractivity contribution in [2.75, 3.05) is 11.9 Å². The fourth-order valence-electron chi connectivity index (χ4n) is 3.28. The van der Waals surface area contributed by atoms with Gasteiger partial charge in [-0.05, 0) is 30.7 Å². The molecule has 1 aliphatic rings. The van der Waals surface area contributed by atoms with Gasteiger partial charge in [-0.15, -0.1) is 0 Å². The third-order valence-corrected chi connectivity index (χ3v) is 5.06. The van der Waals surface area contributed by atoms with Crippen molar-refractivity contribution in [3.63, 3.8) is 0 Å². The second-order valence-electron chi connectivity index (χ2n) is 6.86. The number of carbonyl (C=O) groups excluding carboxylic acids is 3. The summed E-state index contributed by atoms with van der Waals surface area (Å²) in [5.74, 6) is -1.06. The summed E-state index contributed by atoms with van der Waals surface area (Å²) in [5, 5.41) is 9.81. The molecule has 2 N–H and O–H groups in total. The number of rotatable bonds is 5. The molecule has 1 unspecified atom stereocenters. The molecular weight excluding hydrogens is 408 g/mol. The van der Waals surface area contributed by atoms with E-state index in [1.54, 1.807) is 49.4 Å². The molecule has 0 radical (unpaired) electrons. The van der Waals surface area contributed by atoms with Gasteiger partial charge >= 0.3 is 6.03 Å². The molecule has 3 aromatic rings. The Labute approximate surface area is 176 Å². The molecule has 4 rings (SSSR count). The summed E-state index contributed by atoms with van der Waals surface area (Å²) in [6.45, 7) is 1.16. The predicted molar refractivity (Wildman–Crippen MR) is 109 cm³/mol. The van der Waals surface area contributed by atoms with Gasteiger partial charge in [0.25, 0.3) is 5.91 Å². The topological polar surface area (TPSA) is 109 Å². The van der Waals surface area contributed by atoms with Gasteiger partial charge in [0.2, 0.25) is 5.91 Å². The maximum absolute atomic E-state index is 13.0. The van der Waals surface area contributed by atoms with E-state index in [4.69, 9.17) is 11.6 Å². The van der Waals surface area contributed by atoms with Gasteiger partial charge in [-0.3, -0.25) is 14.5 Å². The van der Waals surface area contributed by atoms with Crippen LogP contribution in [0, 0.1) is 0 Å². The van der Waals surface area contributed by atoms with Crippen LogP contribution in [0.1, 0.15) is 12.5 Å². The number of aromatic nitrogens is 3. The number of nitrogens with one attached hydrogen (secondary N) is 2. The number of carbonyl (C=O) groups is 3. The lowest BCUT2D eigenvalue weighted by atomic mass is 9.92. The van der Waals surface area contributed by atoms with Gasteiger partial charge in [-0.1, -0.05) is 41.9 Å². The second-order valence-corrected chi connectivity index (χ2v) is 7.30. The Balaban J connectivity index is 1.54. The van der Waals surface area contributed by atoms with Crippen LogP contribution in [0.2, 0.25) is 5.02 Å². The zero-order valence-electron chi connectivity index (χ0n) is 15.9. The van der Waals surface area contributed by atoms with Crippen LogP contribution in [0.25, 0.3) is 5.69 Å². The van der Waals surface area contributed by atoms with Crippen LogP contribution in [0.4, 0.5) is 10.5 Å². The highest BCUT2D eigenvalue weighted by Gasteiger charge is 2.49. The van der Waals surface area contributed by atoms with Gasteiger partial charge in [0.05, 0.1) is 11.4 Å². The summed E-state index contributed by atoms with van der Waals surface area (Å²) in [4.78, 5) is 42.8. The van der Waals surface area contributed by atoms with Crippen molar-refractivity contribution in [3.05, 3.63) is 71.8 Å². The molecule has 1 atom stereocenters. The van der Waals surface area contributed by atoms with Crippen LogP contribution < -0.4 is 10.6 Å². The lowest BCUT2D eigenvalue weighted by molar-refractivity contribution is -0.133. The SMILES string of the molecule is CC1(c2ccccc2)NC(=O)N(CC(=O)Nc2cc(Cl)ccc2-n2cncn2)C1=O. The summed E-state index contributed by atoms with van der Waals surface area (Å²) in [7, 11) is 0. The first-order valence-electron chi connectivity index (χ1n) is 9.02. The van der Waals surface area contributed by atoms with E-state index in [9.17, 15) is 14.4 Å². The van der Waals surface area contributed by atoms with Gasteiger partial charge in [-0.2, -0.15) is 5.10 Å². The number of imide groups is 1. The highest BCUT2D eigenvalue weighted by Crippen LogP contribution is 2.29. The smallest absolute Gasteiger partial charge is 0.323 e. The van der Waals surface area contributed by atoms with Crippen molar-refractivity contribution in [2.45, 2.75) is 12.5 Å². The molecule has 0 spiro atoms. The number of hydrogen-bond donors (Lipinski definition) is 2. The van der Waals surface area contributed by atoms with Gasteiger partial charge in [0, 0.05) is 5.02 Å². The molecule has 0 aliphatic carbocycles. The Morgan fingerprint density at radius 1 is 1.20 bits per heavy atom. The number of urea groups is 1. The average Bonchev–Trinajstić information content (AvgIpc) is 3.33. The average molecular weight is 425 g/mol. The van der Waals surface area contributed by atoms with Crippen molar-refractivity contribution >= 4 is 35.1 Å². The standard InChI is InChI=1S/C20H17ClN6O3/c1-20(13-5-3-2-4-6-13)18(29)26(19(30)25-20)10-17(28)24-15-9-14(21)7-8-16(15)27-12-22-11-23-27/h2-9,11-12H,10H2,1H3,(H,24,28)(H,25,30). The molecule has 1 fully saturated rings. The van der Waals surface area contributed by atoms with Gasteiger partial charge < -0.3 is 10.6 Å². The molecule has 0 bridgehead atoms. The van der Waals surface area contributed by atoms with E-state index in [1.165, 1.54) is 17.3 Å². The monoisotopic (exact) mass is 424 g/mol. The molecule has 1 aliphatic heterocycles. The molecule has 1 saturated heterocycles. The van der Waals surface area contributed by atoms with Crippen LogP contribution in [0.5, 0.6) is 0 Å². The van der Waals surface area contributed by atoms with Crippen LogP contribution in [-0.2, 0) is 15.1 Å². The molecule has 2 heterocycles. The molecular formula is C20H17ClN6O3. The minimum Gasteiger partial charge on any atom is -0.323 e. The maximum atomic E-state index is 13.0. The van der Waals surface area contributed by atoms with Crippen molar-refractivity contribution in [2.24, 2.45) is 0 Å². The molecule has 2 aromatic carbocycles. The highest BCUT2D eigenvalue weighted by molar-refractivity contribution is 6.31. The van der Waals surface area contributed by atoms with Crippen LogP contribution in [0.3, 0.4) is 0 Å². The van der Waals surface area contributed by atoms with E-state index in [1.807, 2.05) is 6.07 Å². The number of hydrogen-bond acceptors (Lipinski definition) is 5. The Morgan fingerprint density at radius 2 is 1.97 bits per heavy atom. The predicted octanol–water partition coefficient (Wildman–Crippen LogP) is 2.33. The van der Waals surface area contributed by atoms with E-state index in [0.29, 0.717) is 22.0 Å². The first-order chi connectivity index (χ1) is 14.4. The zero-order valence-corrected chi connectivity index (χ0v) is 16.6. The van der Waals surface area contributed by atoms with Gasteiger partial charge in [0.15, 0.2) is 0 Å². The number of amides is 4. The maximum Gasteiger partial charge on any atom is 0.325 e. The van der Waals surface area contributed by atoms with E-state index in [-0.39, 0.29) is 0 Å². The van der Waals surface area contributed by atoms with Crippen molar-refractivity contribution in [1.82, 2.24) is 25.0 Å². The molecule has 4 amide bonds. The Hall–Kier alpha value is -3.72. The normalized spacial score (nSPS) is 18.4. The highest BCUT2D eigenvalue weighted by atomic mass is 35.5. The zero-order chi connectivity index (χ0) is 21.3. The minimum atomic E-state index is -1.24. The number of halogens is 1. The Morgan fingerprint density at radius 3 is 2.67 bits per heavy atom. The first-order valence-corrected chi connectivity index (χ1v) is 9.40. The number of anilines is 1. The third kappa shape index (κ3) is 3.50. The molecule has 0 saturated carbocycles. The first kappa shape index (κ1) is 19.6. The fourth-order valence-corrected chi connectivity index (χ4v) is 3.45. The summed E-state index contributed by atoms with van der Waals surface area (Å²) >= 11 is 6.06. The quantitative estimate of drug-likeness (QED) is 0.611. The van der Waals surface area contributed by atoms with Crippen LogP contribution in [0.15, 0.2) is 61.2 Å². The van der Waals surface area contributed by atoms with Crippen molar-refractivity contribution < 1.29 is 14.4 Å². The number of benzene rings is 2. The third-order valence-electron chi connectivity index (χ3n) is 4.83. The van der Waals surface area contributed by atoms with E-state index < -0.39 is 29.9 Å². The van der Waals surface area contributed by atoms with Crippen molar-refractivity contribution in [1.29, 1.82) is 0 Å². The lowest BCUT2D eigenvalue weighted by Crippen LogP contribution is -2.42. The molecule has 30 heavy (non-hydrogen) atoms. The minimum absolute atomic E-state index is 0.371. The summed E-state index contributed by atoms with van der Waals surface area (Å²) in [6.07, 6.45) is 2.83. The largest absolute Gasteiger partial charge is 0.325 e. The summed E-state index contributed by atoms with van der Waals surface area (Å²) < 4.78 is 1.46. The molecule has 9 nitrogen and oxygen atoms in total. The van der Waals surface area contributed by atoms with Gasteiger partial charge in [0.1, 0.15) is 24.7 Å². The summed E-state index contributed by atoms with van der Waals surface area (Å²) in [5.41, 5.74) is 0.308. The second kappa shape index (κ2) is 7.60. The van der Waals surface area contributed by atoms with Gasteiger partial charge in [-0.25, -0.2) is 14.5 Å². The van der Waals surface area contributed by atoms with E-state index >= 15 is 0 Å². The van der Waals surface area contributed by atoms with E-state index in [2.05, 4.69) is 20.7 Å². The van der Waals surface area contributed by atoms with Crippen molar-refractivity contribution in [3.8, 4) is 5.69 Å². The Kier molecular flexibility index (Phi) is 4.96. The van der Waals surface area contributed by atoms with Crippen LogP contribution in [-0.4, -0.2) is 44.1 Å². The molecule has 152 valence electrons. The number of nitrogens with zero attached hydrogens (tertiary/aromatic N) is 4. The molecule has 1 aromatic heterocycles. The lowest BCUT2D eigenvalue weighted by Gasteiger charge is -2.22. The fraction of sp³-hybridized carbons (Fsp3) is 0.150. The Bertz CT molecular complexity index is 1120. The van der Waals surface area contributed by atoms with E-state index in [0.717, 1.165) is 4.90 Å².